The monoisotopic (exact) mass is 255 g/mol. The van der Waals surface area contributed by atoms with Crippen LogP contribution in [-0.2, 0) is 12.0 Å². The lowest BCUT2D eigenvalue weighted by Crippen LogP contribution is -2.38. The highest BCUT2D eigenvalue weighted by atomic mass is 16.5. The molecule has 19 heavy (non-hydrogen) atoms. The number of hydrogen-bond acceptors (Lipinski definition) is 2. The Kier molecular flexibility index (Phi) is 4.23. The molecule has 0 aliphatic carbocycles. The average Bonchev–Trinajstić information content (AvgIpc) is 2.48. The van der Waals surface area contributed by atoms with E-state index in [4.69, 9.17) is 10.5 Å². The summed E-state index contributed by atoms with van der Waals surface area (Å²) in [6.07, 6.45) is 1.67. The zero-order chi connectivity index (χ0) is 13.7. The van der Waals surface area contributed by atoms with Crippen LogP contribution in [0.1, 0.15) is 24.5 Å². The lowest BCUT2D eigenvalue weighted by molar-refractivity contribution is 0.367. The molecule has 2 aromatic carbocycles. The summed E-state index contributed by atoms with van der Waals surface area (Å²) in [6, 6.07) is 18.4. The highest BCUT2D eigenvalue weighted by Gasteiger charge is 2.28. The van der Waals surface area contributed by atoms with E-state index in [1.165, 1.54) is 5.56 Å². The van der Waals surface area contributed by atoms with Gasteiger partial charge in [0.25, 0.3) is 0 Å². The molecule has 0 amide bonds. The first-order valence-electron chi connectivity index (χ1n) is 6.66. The fraction of sp³-hybridized carbons (Fsp3) is 0.294. The van der Waals surface area contributed by atoms with Crippen molar-refractivity contribution in [2.24, 2.45) is 5.73 Å². The molecule has 2 rings (SSSR count). The predicted octanol–water partition coefficient (Wildman–Crippen LogP) is 3.50. The van der Waals surface area contributed by atoms with Crippen LogP contribution in [0.5, 0.6) is 5.75 Å². The summed E-state index contributed by atoms with van der Waals surface area (Å²) in [5.41, 5.74) is 8.57. The summed E-state index contributed by atoms with van der Waals surface area (Å²) < 4.78 is 5.45. The van der Waals surface area contributed by atoms with Gasteiger partial charge in [0, 0.05) is 11.1 Å². The molecule has 2 heteroatoms. The molecule has 0 aliphatic heterocycles. The van der Waals surface area contributed by atoms with Crippen LogP contribution >= 0.6 is 0 Å². The number of para-hydroxylation sites is 1. The molecule has 1 atom stereocenters. The van der Waals surface area contributed by atoms with E-state index in [-0.39, 0.29) is 0 Å². The molecule has 0 bridgehead atoms. The second-order valence-corrected chi connectivity index (χ2v) is 4.87. The minimum atomic E-state index is -0.395. The van der Waals surface area contributed by atoms with Crippen LogP contribution < -0.4 is 10.5 Å². The van der Waals surface area contributed by atoms with Crippen LogP contribution in [0.3, 0.4) is 0 Å². The third-order valence-corrected chi connectivity index (χ3v) is 3.64. The van der Waals surface area contributed by atoms with Gasteiger partial charge in [0.05, 0.1) is 7.11 Å². The molecule has 0 saturated heterocycles. The van der Waals surface area contributed by atoms with Crippen LogP contribution in [0.25, 0.3) is 0 Å². The van der Waals surface area contributed by atoms with Gasteiger partial charge in [-0.05, 0) is 24.5 Å². The maximum absolute atomic E-state index is 6.65. The molecule has 2 N–H and O–H groups in total. The third-order valence-electron chi connectivity index (χ3n) is 3.64. The summed E-state index contributed by atoms with van der Waals surface area (Å²) in [5, 5.41) is 0. The Hall–Kier alpha value is -1.80. The zero-order valence-electron chi connectivity index (χ0n) is 11.6. The Bertz CT molecular complexity index is 524. The van der Waals surface area contributed by atoms with Crippen molar-refractivity contribution < 1.29 is 4.74 Å². The number of rotatable bonds is 5. The summed E-state index contributed by atoms with van der Waals surface area (Å²) in [4.78, 5) is 0. The molecule has 0 heterocycles. The Balaban J connectivity index is 2.36. The molecule has 0 spiro atoms. The van der Waals surface area contributed by atoms with Crippen molar-refractivity contribution in [2.75, 3.05) is 7.11 Å². The van der Waals surface area contributed by atoms with Crippen molar-refractivity contribution in [1.29, 1.82) is 0 Å². The van der Waals surface area contributed by atoms with E-state index >= 15 is 0 Å². The van der Waals surface area contributed by atoms with Gasteiger partial charge >= 0.3 is 0 Å². The van der Waals surface area contributed by atoms with E-state index < -0.39 is 5.54 Å². The van der Waals surface area contributed by atoms with E-state index in [0.29, 0.717) is 0 Å². The molecule has 2 nitrogen and oxygen atoms in total. The molecule has 100 valence electrons. The number of benzene rings is 2. The minimum Gasteiger partial charge on any atom is -0.496 e. The standard InChI is InChI=1S/C17H21NO/c1-3-17(18,13-14-9-5-4-6-10-14)15-11-7-8-12-16(15)19-2/h4-12H,3,13,18H2,1-2H3. The van der Waals surface area contributed by atoms with Gasteiger partial charge in [-0.25, -0.2) is 0 Å². The number of methoxy groups -OCH3 is 1. The topological polar surface area (TPSA) is 35.2 Å². The fourth-order valence-corrected chi connectivity index (χ4v) is 2.43. The highest BCUT2D eigenvalue weighted by Crippen LogP contribution is 2.33. The Morgan fingerprint density at radius 2 is 1.63 bits per heavy atom. The molecule has 1 unspecified atom stereocenters. The van der Waals surface area contributed by atoms with Gasteiger partial charge in [-0.3, -0.25) is 0 Å². The van der Waals surface area contributed by atoms with Crippen LogP contribution in [0.15, 0.2) is 54.6 Å². The highest BCUT2D eigenvalue weighted by molar-refractivity contribution is 5.40. The molecule has 0 fully saturated rings. The number of nitrogens with two attached hydrogens (primary N) is 1. The average molecular weight is 255 g/mol. The van der Waals surface area contributed by atoms with Gasteiger partial charge in [0.2, 0.25) is 0 Å². The molecular weight excluding hydrogens is 234 g/mol. The normalized spacial score (nSPS) is 13.8. The van der Waals surface area contributed by atoms with Gasteiger partial charge in [-0.1, -0.05) is 55.5 Å². The van der Waals surface area contributed by atoms with Crippen molar-refractivity contribution in [3.05, 3.63) is 65.7 Å². The fourth-order valence-electron chi connectivity index (χ4n) is 2.43. The molecule has 0 aliphatic rings. The van der Waals surface area contributed by atoms with Crippen molar-refractivity contribution in [3.8, 4) is 5.75 Å². The smallest absolute Gasteiger partial charge is 0.123 e. The lowest BCUT2D eigenvalue weighted by Gasteiger charge is -2.30. The van der Waals surface area contributed by atoms with E-state index in [1.807, 2.05) is 36.4 Å². The first kappa shape index (κ1) is 13.6. The van der Waals surface area contributed by atoms with Gasteiger partial charge in [-0.2, -0.15) is 0 Å². The van der Waals surface area contributed by atoms with Gasteiger partial charge in [0.15, 0.2) is 0 Å². The summed E-state index contributed by atoms with van der Waals surface area (Å²) in [5.74, 6) is 0.864. The maximum Gasteiger partial charge on any atom is 0.123 e. The van der Waals surface area contributed by atoms with E-state index in [2.05, 4.69) is 25.1 Å². The first-order valence-corrected chi connectivity index (χ1v) is 6.66. The quantitative estimate of drug-likeness (QED) is 0.887. The predicted molar refractivity (Wildman–Crippen MR) is 79.3 cm³/mol. The minimum absolute atomic E-state index is 0.395. The van der Waals surface area contributed by atoms with Crippen LogP contribution in [0.4, 0.5) is 0 Å². The van der Waals surface area contributed by atoms with E-state index in [9.17, 15) is 0 Å². The van der Waals surface area contributed by atoms with Crippen molar-refractivity contribution >= 4 is 0 Å². The maximum atomic E-state index is 6.65. The SMILES string of the molecule is CCC(N)(Cc1ccccc1)c1ccccc1OC. The van der Waals surface area contributed by atoms with Crippen LogP contribution in [-0.4, -0.2) is 7.11 Å². The molecule has 2 aromatic rings. The van der Waals surface area contributed by atoms with E-state index in [0.717, 1.165) is 24.2 Å². The lowest BCUT2D eigenvalue weighted by atomic mass is 9.82. The largest absolute Gasteiger partial charge is 0.496 e. The molecular formula is C17H21NO. The van der Waals surface area contributed by atoms with Crippen LogP contribution in [0.2, 0.25) is 0 Å². The second-order valence-electron chi connectivity index (χ2n) is 4.87. The molecule has 0 aromatic heterocycles. The van der Waals surface area contributed by atoms with Crippen molar-refractivity contribution in [2.45, 2.75) is 25.3 Å². The van der Waals surface area contributed by atoms with Gasteiger partial charge in [0.1, 0.15) is 5.75 Å². The van der Waals surface area contributed by atoms with Crippen molar-refractivity contribution in [1.82, 2.24) is 0 Å². The van der Waals surface area contributed by atoms with Gasteiger partial charge in [-0.15, -0.1) is 0 Å². The van der Waals surface area contributed by atoms with Crippen molar-refractivity contribution in [3.63, 3.8) is 0 Å². The van der Waals surface area contributed by atoms with Crippen LogP contribution in [0, 0.1) is 0 Å². The Morgan fingerprint density at radius 1 is 1.00 bits per heavy atom. The van der Waals surface area contributed by atoms with E-state index in [1.54, 1.807) is 7.11 Å². The third kappa shape index (κ3) is 2.96. The Morgan fingerprint density at radius 3 is 2.26 bits per heavy atom. The molecule has 0 saturated carbocycles. The zero-order valence-corrected chi connectivity index (χ0v) is 11.6. The van der Waals surface area contributed by atoms with Gasteiger partial charge < -0.3 is 10.5 Å². The Labute approximate surface area is 115 Å². The number of hydrogen-bond donors (Lipinski definition) is 1. The second kappa shape index (κ2) is 5.89. The first-order chi connectivity index (χ1) is 9.19. The summed E-state index contributed by atoms with van der Waals surface area (Å²) >= 11 is 0. The molecule has 0 radical (unpaired) electrons. The summed E-state index contributed by atoms with van der Waals surface area (Å²) in [6.45, 7) is 2.12. The number of ether oxygens (including phenoxy) is 1. The summed E-state index contributed by atoms with van der Waals surface area (Å²) in [7, 11) is 1.69.